The second kappa shape index (κ2) is 13.3. The van der Waals surface area contributed by atoms with Crippen LogP contribution in [0.25, 0.3) is 11.8 Å². The molecule has 0 N–H and O–H groups in total. The SMILES string of the molecule is Cc1ncc(/C=C/C(=O)N(Cc2ccc(-n3cccn3)cc2)[C@@H](Cc2ccccc2)C(=O)N2CCc3ccccc3C2)cn1. The van der Waals surface area contributed by atoms with Crippen LogP contribution in [0.1, 0.15) is 33.6 Å². The lowest BCUT2D eigenvalue weighted by molar-refractivity contribution is -0.144. The quantitative estimate of drug-likeness (QED) is 0.223. The second-order valence-electron chi connectivity index (χ2n) is 11.0. The lowest BCUT2D eigenvalue weighted by Gasteiger charge is -2.37. The summed E-state index contributed by atoms with van der Waals surface area (Å²) in [6, 6.07) is 27.2. The Bertz CT molecular complexity index is 1730. The van der Waals surface area contributed by atoms with E-state index in [1.165, 1.54) is 11.6 Å². The van der Waals surface area contributed by atoms with Crippen LogP contribution < -0.4 is 0 Å². The van der Waals surface area contributed by atoms with Crippen LogP contribution in [0.15, 0.2) is 116 Å². The molecule has 0 radical (unpaired) electrons. The number of rotatable bonds is 9. The molecule has 3 heterocycles. The van der Waals surface area contributed by atoms with Crippen LogP contribution in [0.5, 0.6) is 0 Å². The lowest BCUT2D eigenvalue weighted by atomic mass is 9.97. The van der Waals surface area contributed by atoms with Crippen molar-refractivity contribution < 1.29 is 9.59 Å². The van der Waals surface area contributed by atoms with E-state index in [9.17, 15) is 9.59 Å². The first-order valence-electron chi connectivity index (χ1n) is 14.8. The van der Waals surface area contributed by atoms with E-state index in [2.05, 4.69) is 27.2 Å². The molecule has 8 heteroatoms. The van der Waals surface area contributed by atoms with E-state index in [1.54, 1.807) is 34.2 Å². The first-order valence-corrected chi connectivity index (χ1v) is 14.8. The summed E-state index contributed by atoms with van der Waals surface area (Å²) in [5, 5.41) is 4.31. The Morgan fingerprint density at radius 1 is 0.886 bits per heavy atom. The van der Waals surface area contributed by atoms with E-state index in [0.29, 0.717) is 30.9 Å². The molecule has 1 atom stereocenters. The van der Waals surface area contributed by atoms with Gasteiger partial charge >= 0.3 is 0 Å². The van der Waals surface area contributed by atoms with Gasteiger partial charge in [-0.1, -0.05) is 66.7 Å². The third kappa shape index (κ3) is 6.81. The maximum Gasteiger partial charge on any atom is 0.247 e. The first kappa shape index (κ1) is 28.7. The zero-order chi connectivity index (χ0) is 30.3. The number of aryl methyl sites for hydroxylation is 1. The number of carbonyl (C=O) groups excluding carboxylic acids is 2. The van der Waals surface area contributed by atoms with Crippen molar-refractivity contribution >= 4 is 17.9 Å². The molecule has 220 valence electrons. The molecule has 0 bridgehead atoms. The predicted octanol–water partition coefficient (Wildman–Crippen LogP) is 5.21. The van der Waals surface area contributed by atoms with Crippen molar-refractivity contribution in [2.75, 3.05) is 6.54 Å². The van der Waals surface area contributed by atoms with Crippen LogP contribution >= 0.6 is 0 Å². The molecular weight excluding hydrogens is 548 g/mol. The van der Waals surface area contributed by atoms with Gasteiger partial charge in [0.05, 0.1) is 5.69 Å². The van der Waals surface area contributed by atoms with Crippen LogP contribution in [-0.2, 0) is 35.5 Å². The van der Waals surface area contributed by atoms with Gasteiger partial charge in [0.25, 0.3) is 0 Å². The fourth-order valence-corrected chi connectivity index (χ4v) is 5.53. The molecule has 2 amide bonds. The van der Waals surface area contributed by atoms with Gasteiger partial charge in [-0.15, -0.1) is 0 Å². The molecule has 6 rings (SSSR count). The Kier molecular flexibility index (Phi) is 8.68. The fourth-order valence-electron chi connectivity index (χ4n) is 5.53. The minimum Gasteiger partial charge on any atom is -0.336 e. The molecule has 1 aliphatic heterocycles. The van der Waals surface area contributed by atoms with Crippen molar-refractivity contribution in [2.24, 2.45) is 0 Å². The molecule has 8 nitrogen and oxygen atoms in total. The van der Waals surface area contributed by atoms with E-state index >= 15 is 0 Å². The van der Waals surface area contributed by atoms with E-state index in [4.69, 9.17) is 0 Å². The maximum absolute atomic E-state index is 14.4. The van der Waals surface area contributed by atoms with Crippen LogP contribution in [0.2, 0.25) is 0 Å². The number of fused-ring (bicyclic) bond motifs is 1. The summed E-state index contributed by atoms with van der Waals surface area (Å²) in [7, 11) is 0. The third-order valence-corrected chi connectivity index (χ3v) is 7.94. The Balaban J connectivity index is 1.34. The average Bonchev–Trinajstić information content (AvgIpc) is 3.61. The van der Waals surface area contributed by atoms with Crippen LogP contribution in [0, 0.1) is 6.92 Å². The highest BCUT2D eigenvalue weighted by molar-refractivity contribution is 5.95. The predicted molar refractivity (Wildman–Crippen MR) is 169 cm³/mol. The highest BCUT2D eigenvalue weighted by atomic mass is 16.2. The maximum atomic E-state index is 14.4. The van der Waals surface area contributed by atoms with Gasteiger partial charge in [-0.05, 0) is 59.9 Å². The number of amides is 2. The van der Waals surface area contributed by atoms with Crippen molar-refractivity contribution in [3.8, 4) is 5.69 Å². The fraction of sp³-hybridized carbons (Fsp3) is 0.194. The first-order chi connectivity index (χ1) is 21.5. The van der Waals surface area contributed by atoms with Crippen LogP contribution in [-0.4, -0.2) is 53.9 Å². The van der Waals surface area contributed by atoms with Gasteiger partial charge in [-0.3, -0.25) is 9.59 Å². The monoisotopic (exact) mass is 582 g/mol. The molecule has 5 aromatic rings. The third-order valence-electron chi connectivity index (χ3n) is 7.94. The van der Waals surface area contributed by atoms with E-state index in [0.717, 1.165) is 28.8 Å². The molecule has 3 aromatic carbocycles. The normalized spacial score (nSPS) is 13.4. The Morgan fingerprint density at radius 2 is 1.61 bits per heavy atom. The molecule has 1 aliphatic rings. The lowest BCUT2D eigenvalue weighted by Crippen LogP contribution is -2.52. The zero-order valence-corrected chi connectivity index (χ0v) is 24.7. The molecule has 44 heavy (non-hydrogen) atoms. The number of carbonyl (C=O) groups is 2. The number of benzene rings is 3. The topological polar surface area (TPSA) is 84.2 Å². The standard InChI is InChI=1S/C36H34N6O2/c1-27-37-23-30(24-38-27)14-17-35(43)41(25-29-12-15-33(16-13-29)42-20-7-19-39-42)34(22-28-8-3-2-4-9-28)36(44)40-21-18-31-10-5-6-11-32(31)26-40/h2-17,19-20,23-24,34H,18,21-22,25-26H2,1H3/b17-14+/t34-/m0/s1. The summed E-state index contributed by atoms with van der Waals surface area (Å²) < 4.78 is 1.79. The Morgan fingerprint density at radius 3 is 2.34 bits per heavy atom. The van der Waals surface area contributed by atoms with Crippen LogP contribution in [0.3, 0.4) is 0 Å². The number of aromatic nitrogens is 4. The van der Waals surface area contributed by atoms with Crippen molar-refractivity contribution in [3.05, 3.63) is 149 Å². The molecule has 0 aliphatic carbocycles. The molecule has 0 spiro atoms. The smallest absolute Gasteiger partial charge is 0.247 e. The van der Waals surface area contributed by atoms with Crippen molar-refractivity contribution in [1.29, 1.82) is 0 Å². The Labute approximate surface area is 257 Å². The average molecular weight is 583 g/mol. The van der Waals surface area contributed by atoms with E-state index < -0.39 is 6.04 Å². The summed E-state index contributed by atoms with van der Waals surface area (Å²) in [5.74, 6) is 0.343. The van der Waals surface area contributed by atoms with Gasteiger partial charge < -0.3 is 9.80 Å². The molecule has 0 saturated heterocycles. The molecule has 0 fully saturated rings. The zero-order valence-electron chi connectivity index (χ0n) is 24.7. The molecular formula is C36H34N6O2. The summed E-state index contributed by atoms with van der Waals surface area (Å²) in [6.45, 7) is 3.22. The van der Waals surface area contributed by atoms with Gasteiger partial charge in [0, 0.05) is 62.5 Å². The van der Waals surface area contributed by atoms with Gasteiger partial charge in [-0.2, -0.15) is 5.10 Å². The molecule has 0 saturated carbocycles. The number of hydrogen-bond donors (Lipinski definition) is 0. The summed E-state index contributed by atoms with van der Waals surface area (Å²) in [5.41, 5.74) is 5.95. The highest BCUT2D eigenvalue weighted by Crippen LogP contribution is 2.23. The Hall–Kier alpha value is -5.37. The van der Waals surface area contributed by atoms with Gasteiger partial charge in [0.1, 0.15) is 11.9 Å². The van der Waals surface area contributed by atoms with Gasteiger partial charge in [0.2, 0.25) is 11.8 Å². The van der Waals surface area contributed by atoms with Crippen LogP contribution in [0.4, 0.5) is 0 Å². The molecule has 0 unspecified atom stereocenters. The summed E-state index contributed by atoms with van der Waals surface area (Å²) in [6.07, 6.45) is 11.4. The highest BCUT2D eigenvalue weighted by Gasteiger charge is 2.34. The number of nitrogens with zero attached hydrogens (tertiary/aromatic N) is 6. The summed E-state index contributed by atoms with van der Waals surface area (Å²) >= 11 is 0. The van der Waals surface area contributed by atoms with E-state index in [1.807, 2.05) is 90.8 Å². The van der Waals surface area contributed by atoms with Crippen molar-refractivity contribution in [3.63, 3.8) is 0 Å². The largest absolute Gasteiger partial charge is 0.336 e. The van der Waals surface area contributed by atoms with Gasteiger partial charge in [0.15, 0.2) is 0 Å². The van der Waals surface area contributed by atoms with Crippen molar-refractivity contribution in [2.45, 2.75) is 38.9 Å². The van der Waals surface area contributed by atoms with E-state index in [-0.39, 0.29) is 18.4 Å². The summed E-state index contributed by atoms with van der Waals surface area (Å²) in [4.78, 5) is 40.6. The minimum atomic E-state index is -0.708. The second-order valence-corrected chi connectivity index (χ2v) is 11.0. The number of hydrogen-bond acceptors (Lipinski definition) is 5. The molecule has 2 aromatic heterocycles. The van der Waals surface area contributed by atoms with Gasteiger partial charge in [-0.25, -0.2) is 14.6 Å². The van der Waals surface area contributed by atoms with Crippen molar-refractivity contribution in [1.82, 2.24) is 29.5 Å². The minimum absolute atomic E-state index is 0.0584.